The molecule has 4 atom stereocenters. The van der Waals surface area contributed by atoms with Crippen molar-refractivity contribution in [2.45, 2.75) is 45.2 Å². The number of rotatable bonds is 4. The van der Waals surface area contributed by atoms with E-state index in [0.717, 1.165) is 11.8 Å². The predicted molar refractivity (Wildman–Crippen MR) is 77.2 cm³/mol. The fraction of sp³-hybridized carbons (Fsp3) is 0.625. The maximum absolute atomic E-state index is 12.1. The molecular weight excluding hydrogens is 252 g/mol. The normalized spacial score (nSPS) is 29.4. The molecule has 108 valence electrons. The Morgan fingerprint density at radius 1 is 1.40 bits per heavy atom. The van der Waals surface area contributed by atoms with Crippen LogP contribution in [0.4, 0.5) is 0 Å². The zero-order valence-electron chi connectivity index (χ0n) is 11.9. The molecule has 3 rings (SSSR count). The summed E-state index contributed by atoms with van der Waals surface area (Å²) < 4.78 is 1.45. The molecule has 4 nitrogen and oxygen atoms in total. The number of pyridine rings is 1. The van der Waals surface area contributed by atoms with Gasteiger partial charge in [-0.1, -0.05) is 12.5 Å². The minimum atomic E-state index is -0.129. The number of aromatic nitrogens is 1. The zero-order chi connectivity index (χ0) is 14.1. The van der Waals surface area contributed by atoms with Gasteiger partial charge < -0.3 is 9.88 Å². The Hall–Kier alpha value is -1.58. The van der Waals surface area contributed by atoms with Crippen LogP contribution in [0.25, 0.3) is 0 Å². The number of carbonyl (C=O) groups is 1. The highest BCUT2D eigenvalue weighted by molar-refractivity contribution is 5.76. The van der Waals surface area contributed by atoms with E-state index in [9.17, 15) is 9.59 Å². The van der Waals surface area contributed by atoms with E-state index in [1.165, 1.54) is 36.3 Å². The van der Waals surface area contributed by atoms with Crippen molar-refractivity contribution in [2.75, 3.05) is 0 Å². The lowest BCUT2D eigenvalue weighted by Crippen LogP contribution is -2.42. The molecule has 1 amide bonds. The van der Waals surface area contributed by atoms with Crippen molar-refractivity contribution in [1.82, 2.24) is 9.88 Å². The fourth-order valence-electron chi connectivity index (χ4n) is 4.06. The van der Waals surface area contributed by atoms with E-state index in [0.29, 0.717) is 5.92 Å². The Kier molecular flexibility index (Phi) is 3.64. The van der Waals surface area contributed by atoms with Gasteiger partial charge in [-0.15, -0.1) is 0 Å². The molecule has 0 spiro atoms. The molecule has 1 aromatic rings. The van der Waals surface area contributed by atoms with Crippen LogP contribution in [-0.4, -0.2) is 16.5 Å². The maximum Gasteiger partial charge on any atom is 0.250 e. The lowest BCUT2D eigenvalue weighted by molar-refractivity contribution is -0.122. The number of carbonyl (C=O) groups excluding carboxylic acids is 1. The van der Waals surface area contributed by atoms with Gasteiger partial charge in [-0.25, -0.2) is 0 Å². The van der Waals surface area contributed by atoms with E-state index in [-0.39, 0.29) is 24.1 Å². The summed E-state index contributed by atoms with van der Waals surface area (Å²) in [6, 6.07) is 5.16. The zero-order valence-corrected chi connectivity index (χ0v) is 11.9. The third-order valence-electron chi connectivity index (χ3n) is 5.04. The van der Waals surface area contributed by atoms with E-state index >= 15 is 0 Å². The van der Waals surface area contributed by atoms with Crippen molar-refractivity contribution >= 4 is 5.91 Å². The number of hydrogen-bond acceptors (Lipinski definition) is 2. The summed E-state index contributed by atoms with van der Waals surface area (Å²) in [5.41, 5.74) is -0.129. The Balaban J connectivity index is 1.56. The summed E-state index contributed by atoms with van der Waals surface area (Å²) in [5, 5.41) is 3.08. The predicted octanol–water partition coefficient (Wildman–Crippen LogP) is 1.79. The van der Waals surface area contributed by atoms with Gasteiger partial charge in [-0.3, -0.25) is 9.59 Å². The quantitative estimate of drug-likeness (QED) is 0.910. The van der Waals surface area contributed by atoms with Crippen molar-refractivity contribution in [3.05, 3.63) is 34.7 Å². The first-order valence-corrected chi connectivity index (χ1v) is 7.58. The summed E-state index contributed by atoms with van der Waals surface area (Å²) in [7, 11) is 0. The van der Waals surface area contributed by atoms with Gasteiger partial charge in [0.2, 0.25) is 5.91 Å². The van der Waals surface area contributed by atoms with Gasteiger partial charge in [-0.2, -0.15) is 0 Å². The molecule has 2 saturated carbocycles. The third kappa shape index (κ3) is 2.65. The minimum Gasteiger partial charge on any atom is -0.352 e. The van der Waals surface area contributed by atoms with Gasteiger partial charge in [-0.05, 0) is 50.0 Å². The summed E-state index contributed by atoms with van der Waals surface area (Å²) in [4.78, 5) is 23.7. The van der Waals surface area contributed by atoms with Crippen LogP contribution in [0.2, 0.25) is 0 Å². The Morgan fingerprint density at radius 3 is 2.90 bits per heavy atom. The van der Waals surface area contributed by atoms with Crippen LogP contribution >= 0.6 is 0 Å². The highest BCUT2D eigenvalue weighted by Gasteiger charge is 2.42. The van der Waals surface area contributed by atoms with E-state index in [4.69, 9.17) is 0 Å². The van der Waals surface area contributed by atoms with Gasteiger partial charge in [0.25, 0.3) is 5.56 Å². The molecule has 2 aliphatic rings. The fourth-order valence-corrected chi connectivity index (χ4v) is 4.06. The molecule has 0 saturated heterocycles. The molecular formula is C16H22N2O2. The van der Waals surface area contributed by atoms with Crippen LogP contribution < -0.4 is 10.9 Å². The first-order valence-electron chi connectivity index (χ1n) is 7.58. The smallest absolute Gasteiger partial charge is 0.250 e. The molecule has 2 fully saturated rings. The van der Waals surface area contributed by atoms with Crippen LogP contribution in [0.15, 0.2) is 29.2 Å². The average Bonchev–Trinajstić information content (AvgIpc) is 3.03. The number of hydrogen-bond donors (Lipinski definition) is 1. The van der Waals surface area contributed by atoms with Crippen molar-refractivity contribution in [2.24, 2.45) is 17.8 Å². The molecule has 4 heteroatoms. The summed E-state index contributed by atoms with van der Waals surface area (Å²) in [5.74, 6) is 2.26. The average molecular weight is 274 g/mol. The van der Waals surface area contributed by atoms with Crippen LogP contribution in [0.3, 0.4) is 0 Å². The van der Waals surface area contributed by atoms with Gasteiger partial charge in [0.15, 0.2) is 0 Å². The highest BCUT2D eigenvalue weighted by Crippen LogP contribution is 2.49. The summed E-state index contributed by atoms with van der Waals surface area (Å²) >= 11 is 0. The molecule has 1 N–H and O–H groups in total. The molecule has 2 aliphatic carbocycles. The van der Waals surface area contributed by atoms with Gasteiger partial charge in [0.05, 0.1) is 0 Å². The molecule has 0 unspecified atom stereocenters. The molecule has 1 aromatic heterocycles. The standard InChI is InChI=1S/C16H22N2O2/c1-11(14-9-12-5-6-13(14)8-12)17-15(19)10-18-7-3-2-4-16(18)20/h2-4,7,11-14H,5-6,8-10H2,1H3,(H,17,19)/t11-,12-,13-,14-/m1/s1. The Labute approximate surface area is 119 Å². The number of fused-ring (bicyclic) bond motifs is 2. The van der Waals surface area contributed by atoms with Gasteiger partial charge >= 0.3 is 0 Å². The molecule has 0 aromatic carbocycles. The first-order chi connectivity index (χ1) is 9.63. The van der Waals surface area contributed by atoms with Crippen LogP contribution in [0, 0.1) is 17.8 Å². The van der Waals surface area contributed by atoms with Gasteiger partial charge in [0.1, 0.15) is 6.54 Å². The topological polar surface area (TPSA) is 51.1 Å². The van der Waals surface area contributed by atoms with Crippen molar-refractivity contribution in [1.29, 1.82) is 0 Å². The second-order valence-electron chi connectivity index (χ2n) is 6.36. The minimum absolute atomic E-state index is 0.0615. The molecule has 1 heterocycles. The second-order valence-corrected chi connectivity index (χ2v) is 6.36. The summed E-state index contributed by atoms with van der Waals surface area (Å²) in [6.45, 7) is 2.22. The highest BCUT2D eigenvalue weighted by atomic mass is 16.2. The van der Waals surface area contributed by atoms with Crippen LogP contribution in [0.5, 0.6) is 0 Å². The van der Waals surface area contributed by atoms with Gasteiger partial charge in [0, 0.05) is 18.3 Å². The van der Waals surface area contributed by atoms with Crippen molar-refractivity contribution in [3.8, 4) is 0 Å². The van der Waals surface area contributed by atoms with E-state index in [2.05, 4.69) is 12.2 Å². The molecule has 2 bridgehead atoms. The molecule has 20 heavy (non-hydrogen) atoms. The number of nitrogens with one attached hydrogen (secondary N) is 1. The third-order valence-corrected chi connectivity index (χ3v) is 5.04. The first kappa shape index (κ1) is 13.4. The largest absolute Gasteiger partial charge is 0.352 e. The van der Waals surface area contributed by atoms with E-state index < -0.39 is 0 Å². The Morgan fingerprint density at radius 2 is 2.25 bits per heavy atom. The maximum atomic E-state index is 12.1. The monoisotopic (exact) mass is 274 g/mol. The second kappa shape index (κ2) is 5.43. The number of amides is 1. The van der Waals surface area contributed by atoms with E-state index in [1.54, 1.807) is 18.3 Å². The lowest BCUT2D eigenvalue weighted by Gasteiger charge is -2.28. The Bertz CT molecular complexity index is 551. The molecule has 0 radical (unpaired) electrons. The SMILES string of the molecule is C[C@@H](NC(=O)Cn1ccccc1=O)[C@H]1C[C@@H]2CC[C@@H]1C2. The number of nitrogens with zero attached hydrogens (tertiary/aromatic N) is 1. The lowest BCUT2D eigenvalue weighted by atomic mass is 9.84. The van der Waals surface area contributed by atoms with Crippen LogP contribution in [0.1, 0.15) is 32.6 Å². The summed E-state index contributed by atoms with van der Waals surface area (Å²) in [6.07, 6.45) is 6.97. The van der Waals surface area contributed by atoms with Crippen molar-refractivity contribution < 1.29 is 4.79 Å². The van der Waals surface area contributed by atoms with Crippen LogP contribution in [-0.2, 0) is 11.3 Å². The van der Waals surface area contributed by atoms with E-state index in [1.807, 2.05) is 0 Å². The molecule has 0 aliphatic heterocycles. The van der Waals surface area contributed by atoms with Crippen molar-refractivity contribution in [3.63, 3.8) is 0 Å².